The summed E-state index contributed by atoms with van der Waals surface area (Å²) in [5, 5.41) is 1.29. The molecule has 0 bridgehead atoms. The monoisotopic (exact) mass is 414 g/mol. The van der Waals surface area contributed by atoms with Crippen LogP contribution >= 0.6 is 11.8 Å². The zero-order chi connectivity index (χ0) is 20.6. The molecule has 0 aliphatic rings. The van der Waals surface area contributed by atoms with Crippen LogP contribution in [-0.2, 0) is 4.74 Å². The van der Waals surface area contributed by atoms with Gasteiger partial charge in [0.2, 0.25) is 0 Å². The van der Waals surface area contributed by atoms with E-state index in [0.717, 1.165) is 11.5 Å². The summed E-state index contributed by atoms with van der Waals surface area (Å²) in [7, 11) is 1.63. The smallest absolute Gasteiger partial charge is 0.262 e. The van der Waals surface area contributed by atoms with E-state index in [-0.39, 0.29) is 11.6 Å². The van der Waals surface area contributed by atoms with Crippen molar-refractivity contribution in [3.05, 3.63) is 58.9 Å². The Bertz CT molecular complexity index is 988. The second-order valence-corrected chi connectivity index (χ2v) is 7.55. The van der Waals surface area contributed by atoms with Crippen molar-refractivity contribution in [1.29, 1.82) is 0 Å². The molecule has 0 radical (unpaired) electrons. The highest BCUT2D eigenvalue weighted by Gasteiger charge is 2.16. The Morgan fingerprint density at radius 2 is 1.76 bits per heavy atom. The van der Waals surface area contributed by atoms with Crippen molar-refractivity contribution in [2.24, 2.45) is 0 Å². The number of hydrogen-bond donors (Lipinski definition) is 0. The van der Waals surface area contributed by atoms with Gasteiger partial charge in [-0.25, -0.2) is 4.98 Å². The van der Waals surface area contributed by atoms with Crippen molar-refractivity contribution in [2.45, 2.75) is 25.0 Å². The number of ether oxygens (including phenoxy) is 3. The SMILES string of the molecule is CCOc1ccc(OCCSc2nc3ccccc3c(=O)n2C(C)COC)cc1. The Labute approximate surface area is 174 Å². The third-order valence-corrected chi connectivity index (χ3v) is 5.26. The largest absolute Gasteiger partial charge is 0.494 e. The minimum absolute atomic E-state index is 0.0462. The molecule has 1 aromatic heterocycles. The molecule has 154 valence electrons. The van der Waals surface area contributed by atoms with Crippen LogP contribution in [0.4, 0.5) is 0 Å². The zero-order valence-corrected chi connectivity index (χ0v) is 17.8. The lowest BCUT2D eigenvalue weighted by Crippen LogP contribution is -2.28. The van der Waals surface area contributed by atoms with Gasteiger partial charge in [-0.05, 0) is 50.2 Å². The molecular formula is C22H26N2O4S. The molecule has 2 aromatic carbocycles. The van der Waals surface area contributed by atoms with E-state index in [0.29, 0.717) is 41.6 Å². The highest BCUT2D eigenvalue weighted by molar-refractivity contribution is 7.99. The van der Waals surface area contributed by atoms with E-state index in [9.17, 15) is 4.79 Å². The fraction of sp³-hybridized carbons (Fsp3) is 0.364. The third kappa shape index (κ3) is 5.31. The number of para-hydroxylation sites is 1. The summed E-state index contributed by atoms with van der Waals surface area (Å²) in [5.41, 5.74) is 0.656. The maximum atomic E-state index is 13.0. The summed E-state index contributed by atoms with van der Waals surface area (Å²) in [6.45, 7) is 5.49. The normalized spacial score (nSPS) is 12.1. The van der Waals surface area contributed by atoms with Gasteiger partial charge in [0.1, 0.15) is 11.5 Å². The van der Waals surface area contributed by atoms with Crippen molar-refractivity contribution in [2.75, 3.05) is 32.7 Å². The molecule has 0 aliphatic heterocycles. The molecule has 29 heavy (non-hydrogen) atoms. The highest BCUT2D eigenvalue weighted by Crippen LogP contribution is 2.22. The number of thioether (sulfide) groups is 1. The second-order valence-electron chi connectivity index (χ2n) is 6.49. The summed E-state index contributed by atoms with van der Waals surface area (Å²) in [6, 6.07) is 14.9. The lowest BCUT2D eigenvalue weighted by Gasteiger charge is -2.19. The summed E-state index contributed by atoms with van der Waals surface area (Å²) in [5.74, 6) is 2.27. The van der Waals surface area contributed by atoms with Gasteiger partial charge in [-0.1, -0.05) is 23.9 Å². The standard InChI is InChI=1S/C22H26N2O4S/c1-4-27-17-9-11-18(12-10-17)28-13-14-29-22-23-20-8-6-5-7-19(20)21(25)24(22)16(2)15-26-3/h5-12,16H,4,13-15H2,1-3H3. The van der Waals surface area contributed by atoms with Crippen LogP contribution in [0.3, 0.4) is 0 Å². The van der Waals surface area contributed by atoms with Gasteiger partial charge in [-0.2, -0.15) is 0 Å². The van der Waals surface area contributed by atoms with Crippen molar-refractivity contribution in [1.82, 2.24) is 9.55 Å². The lowest BCUT2D eigenvalue weighted by atomic mass is 10.2. The fourth-order valence-electron chi connectivity index (χ4n) is 3.02. The van der Waals surface area contributed by atoms with Gasteiger partial charge in [-0.3, -0.25) is 9.36 Å². The molecular weight excluding hydrogens is 388 g/mol. The molecule has 1 heterocycles. The summed E-state index contributed by atoms with van der Waals surface area (Å²) < 4.78 is 18.2. The number of fused-ring (bicyclic) bond motifs is 1. The lowest BCUT2D eigenvalue weighted by molar-refractivity contribution is 0.156. The summed E-state index contributed by atoms with van der Waals surface area (Å²) >= 11 is 1.51. The third-order valence-electron chi connectivity index (χ3n) is 4.34. The average molecular weight is 415 g/mol. The Morgan fingerprint density at radius 3 is 2.45 bits per heavy atom. The molecule has 0 saturated heterocycles. The van der Waals surface area contributed by atoms with Crippen LogP contribution in [0.25, 0.3) is 10.9 Å². The molecule has 0 saturated carbocycles. The first kappa shape index (κ1) is 21.2. The molecule has 0 spiro atoms. The van der Waals surface area contributed by atoms with E-state index in [2.05, 4.69) is 0 Å². The van der Waals surface area contributed by atoms with Gasteiger partial charge in [0.25, 0.3) is 5.56 Å². The van der Waals surface area contributed by atoms with Gasteiger partial charge in [0.15, 0.2) is 5.16 Å². The van der Waals surface area contributed by atoms with Crippen LogP contribution in [0.1, 0.15) is 19.9 Å². The minimum Gasteiger partial charge on any atom is -0.494 e. The first-order valence-electron chi connectivity index (χ1n) is 9.62. The van der Waals surface area contributed by atoms with Crippen molar-refractivity contribution >= 4 is 22.7 Å². The second kappa shape index (κ2) is 10.3. The predicted molar refractivity (Wildman–Crippen MR) is 116 cm³/mol. The Hall–Kier alpha value is -2.51. The molecule has 0 N–H and O–H groups in total. The highest BCUT2D eigenvalue weighted by atomic mass is 32.2. The van der Waals surface area contributed by atoms with Crippen LogP contribution in [0.5, 0.6) is 11.5 Å². The first-order valence-corrected chi connectivity index (χ1v) is 10.6. The van der Waals surface area contributed by atoms with E-state index in [1.165, 1.54) is 11.8 Å². The molecule has 3 aromatic rings. The number of benzene rings is 2. The zero-order valence-electron chi connectivity index (χ0n) is 17.0. The van der Waals surface area contributed by atoms with E-state index in [4.69, 9.17) is 19.2 Å². The van der Waals surface area contributed by atoms with Gasteiger partial charge >= 0.3 is 0 Å². The molecule has 0 aliphatic carbocycles. The molecule has 0 fully saturated rings. The molecule has 3 rings (SSSR count). The number of rotatable bonds is 10. The van der Waals surface area contributed by atoms with Crippen LogP contribution in [-0.4, -0.2) is 42.2 Å². The summed E-state index contributed by atoms with van der Waals surface area (Å²) in [6.07, 6.45) is 0. The predicted octanol–water partition coefficient (Wildman–Crippen LogP) is 4.17. The number of aromatic nitrogens is 2. The van der Waals surface area contributed by atoms with Crippen LogP contribution < -0.4 is 15.0 Å². The first-order chi connectivity index (χ1) is 14.1. The number of methoxy groups -OCH3 is 1. The fourth-order valence-corrected chi connectivity index (χ4v) is 3.94. The van der Waals surface area contributed by atoms with Gasteiger partial charge < -0.3 is 14.2 Å². The number of nitrogens with zero attached hydrogens (tertiary/aromatic N) is 2. The molecule has 1 atom stereocenters. The van der Waals surface area contributed by atoms with E-state index in [1.807, 2.05) is 62.4 Å². The van der Waals surface area contributed by atoms with Crippen molar-refractivity contribution in [3.63, 3.8) is 0 Å². The van der Waals surface area contributed by atoms with Crippen LogP contribution in [0, 0.1) is 0 Å². The Kier molecular flexibility index (Phi) is 7.55. The van der Waals surface area contributed by atoms with Crippen molar-refractivity contribution < 1.29 is 14.2 Å². The maximum Gasteiger partial charge on any atom is 0.262 e. The number of hydrogen-bond acceptors (Lipinski definition) is 6. The van der Waals surface area contributed by atoms with Gasteiger partial charge in [-0.15, -0.1) is 0 Å². The molecule has 1 unspecified atom stereocenters. The van der Waals surface area contributed by atoms with Crippen molar-refractivity contribution in [3.8, 4) is 11.5 Å². The van der Waals surface area contributed by atoms with Crippen LogP contribution in [0.2, 0.25) is 0 Å². The minimum atomic E-state index is -0.112. The molecule has 6 nitrogen and oxygen atoms in total. The maximum absolute atomic E-state index is 13.0. The quantitative estimate of drug-likeness (QED) is 0.282. The van der Waals surface area contributed by atoms with E-state index < -0.39 is 0 Å². The van der Waals surface area contributed by atoms with E-state index >= 15 is 0 Å². The molecule has 7 heteroatoms. The Morgan fingerprint density at radius 1 is 1.07 bits per heavy atom. The average Bonchev–Trinajstić information content (AvgIpc) is 2.73. The van der Waals surface area contributed by atoms with E-state index in [1.54, 1.807) is 11.7 Å². The topological polar surface area (TPSA) is 62.6 Å². The summed E-state index contributed by atoms with van der Waals surface area (Å²) in [4.78, 5) is 17.7. The molecule has 0 amide bonds. The van der Waals surface area contributed by atoms with Crippen LogP contribution in [0.15, 0.2) is 58.5 Å². The Balaban J connectivity index is 1.71. The van der Waals surface area contributed by atoms with Gasteiger partial charge in [0, 0.05) is 12.9 Å². The van der Waals surface area contributed by atoms with Gasteiger partial charge in [0.05, 0.1) is 36.8 Å².